The van der Waals surface area contributed by atoms with Gasteiger partial charge < -0.3 is 10.2 Å². The second-order valence-electron chi connectivity index (χ2n) is 5.30. The first-order valence-electron chi connectivity index (χ1n) is 6.38. The first kappa shape index (κ1) is 14.6. The number of rotatable bonds is 6. The predicted octanol–water partition coefficient (Wildman–Crippen LogP) is 2.38. The molecule has 100 valence electrons. The summed E-state index contributed by atoms with van der Waals surface area (Å²) in [5.74, 6) is 0.900. The highest BCUT2D eigenvalue weighted by molar-refractivity contribution is 5.36. The summed E-state index contributed by atoms with van der Waals surface area (Å²) >= 11 is 0. The van der Waals surface area contributed by atoms with Crippen molar-refractivity contribution in [1.29, 1.82) is 0 Å². The molecule has 1 N–H and O–H groups in total. The van der Waals surface area contributed by atoms with Crippen LogP contribution in [0.5, 0.6) is 0 Å². The molecule has 0 saturated heterocycles. The topological polar surface area (TPSA) is 41.1 Å². The number of nitrogens with one attached hydrogen (secondary N) is 1. The van der Waals surface area contributed by atoms with Crippen LogP contribution >= 0.6 is 0 Å². The van der Waals surface area contributed by atoms with Crippen LogP contribution in [0.15, 0.2) is 25.0 Å². The van der Waals surface area contributed by atoms with Gasteiger partial charge in [-0.15, -0.1) is 6.58 Å². The van der Waals surface area contributed by atoms with E-state index in [9.17, 15) is 0 Å². The number of anilines is 1. The normalized spacial score (nSPS) is 11.3. The number of likely N-dealkylation sites (N-methyl/N-ethyl adjacent to an activating group) is 1. The highest BCUT2D eigenvalue weighted by atomic mass is 15.2. The van der Waals surface area contributed by atoms with Gasteiger partial charge in [0.15, 0.2) is 0 Å². The third-order valence-corrected chi connectivity index (χ3v) is 2.55. The second kappa shape index (κ2) is 6.50. The highest BCUT2D eigenvalue weighted by Crippen LogP contribution is 2.09. The van der Waals surface area contributed by atoms with Gasteiger partial charge in [-0.1, -0.05) is 6.08 Å². The average molecular weight is 248 g/mol. The van der Waals surface area contributed by atoms with Crippen LogP contribution in [0.2, 0.25) is 0 Å². The molecule has 0 aromatic carbocycles. The fourth-order valence-electron chi connectivity index (χ4n) is 1.50. The van der Waals surface area contributed by atoms with Crippen LogP contribution in [0, 0.1) is 0 Å². The quantitative estimate of drug-likeness (QED) is 0.785. The second-order valence-corrected chi connectivity index (χ2v) is 5.30. The maximum Gasteiger partial charge on any atom is 0.147 e. The van der Waals surface area contributed by atoms with Crippen molar-refractivity contribution in [1.82, 2.24) is 15.3 Å². The van der Waals surface area contributed by atoms with E-state index in [2.05, 4.69) is 54.5 Å². The zero-order chi connectivity index (χ0) is 13.6. The fourth-order valence-corrected chi connectivity index (χ4v) is 1.50. The monoisotopic (exact) mass is 248 g/mol. The first-order valence-corrected chi connectivity index (χ1v) is 6.38. The molecule has 4 heteroatoms. The Kier molecular flexibility index (Phi) is 5.28. The van der Waals surface area contributed by atoms with Crippen LogP contribution in [0.3, 0.4) is 0 Å². The zero-order valence-electron chi connectivity index (χ0n) is 11.9. The standard InChI is InChI=1S/C14H24N4/c1-6-8-18(7-2)13-11-15-12(9-16-13)10-17-14(3,4)5/h6,9,11,17H,1,7-8,10H2,2-5H3. The molecule has 0 saturated carbocycles. The minimum atomic E-state index is 0.0959. The van der Waals surface area contributed by atoms with E-state index in [-0.39, 0.29) is 5.54 Å². The average Bonchev–Trinajstić information content (AvgIpc) is 2.33. The molecule has 0 amide bonds. The molecule has 0 spiro atoms. The van der Waals surface area contributed by atoms with Crippen molar-refractivity contribution in [2.24, 2.45) is 0 Å². The predicted molar refractivity (Wildman–Crippen MR) is 76.7 cm³/mol. The van der Waals surface area contributed by atoms with Gasteiger partial charge in [-0.05, 0) is 27.7 Å². The molecule has 0 aliphatic rings. The largest absolute Gasteiger partial charge is 0.352 e. The summed E-state index contributed by atoms with van der Waals surface area (Å²) in [6.07, 6.45) is 5.53. The van der Waals surface area contributed by atoms with E-state index in [0.29, 0.717) is 0 Å². The molecular weight excluding hydrogens is 224 g/mol. The van der Waals surface area contributed by atoms with Gasteiger partial charge in [0, 0.05) is 25.2 Å². The summed E-state index contributed by atoms with van der Waals surface area (Å²) in [6, 6.07) is 0. The summed E-state index contributed by atoms with van der Waals surface area (Å²) in [4.78, 5) is 11.0. The fraction of sp³-hybridized carbons (Fsp3) is 0.571. The van der Waals surface area contributed by atoms with Crippen molar-refractivity contribution in [2.75, 3.05) is 18.0 Å². The van der Waals surface area contributed by atoms with Crippen LogP contribution in [0.25, 0.3) is 0 Å². The van der Waals surface area contributed by atoms with Gasteiger partial charge in [0.1, 0.15) is 5.82 Å². The Morgan fingerprint density at radius 3 is 2.50 bits per heavy atom. The third kappa shape index (κ3) is 4.84. The van der Waals surface area contributed by atoms with Crippen molar-refractivity contribution in [3.05, 3.63) is 30.7 Å². The summed E-state index contributed by atoms with van der Waals surface area (Å²) in [7, 11) is 0. The van der Waals surface area contributed by atoms with E-state index < -0.39 is 0 Å². The number of aromatic nitrogens is 2. The van der Waals surface area contributed by atoms with Crippen molar-refractivity contribution in [3.8, 4) is 0 Å². The highest BCUT2D eigenvalue weighted by Gasteiger charge is 2.09. The lowest BCUT2D eigenvalue weighted by molar-refractivity contribution is 0.421. The van der Waals surface area contributed by atoms with Gasteiger partial charge in [0.2, 0.25) is 0 Å². The van der Waals surface area contributed by atoms with E-state index >= 15 is 0 Å². The molecular formula is C14H24N4. The Hall–Kier alpha value is -1.42. The Labute approximate surface area is 110 Å². The van der Waals surface area contributed by atoms with Gasteiger partial charge in [0.25, 0.3) is 0 Å². The van der Waals surface area contributed by atoms with Gasteiger partial charge >= 0.3 is 0 Å². The molecule has 0 unspecified atom stereocenters. The van der Waals surface area contributed by atoms with Gasteiger partial charge in [-0.25, -0.2) is 4.98 Å². The number of hydrogen-bond donors (Lipinski definition) is 1. The molecule has 4 nitrogen and oxygen atoms in total. The van der Waals surface area contributed by atoms with Crippen molar-refractivity contribution >= 4 is 5.82 Å². The Balaban J connectivity index is 2.64. The lowest BCUT2D eigenvalue weighted by Gasteiger charge is -2.21. The number of nitrogens with zero attached hydrogens (tertiary/aromatic N) is 3. The first-order chi connectivity index (χ1) is 8.46. The van der Waals surface area contributed by atoms with Gasteiger partial charge in [0.05, 0.1) is 18.1 Å². The summed E-state index contributed by atoms with van der Waals surface area (Å²) in [6.45, 7) is 14.7. The molecule has 0 aliphatic heterocycles. The Morgan fingerprint density at radius 1 is 1.33 bits per heavy atom. The minimum Gasteiger partial charge on any atom is -0.352 e. The van der Waals surface area contributed by atoms with E-state index in [1.54, 1.807) is 0 Å². The van der Waals surface area contributed by atoms with E-state index in [0.717, 1.165) is 31.1 Å². The lowest BCUT2D eigenvalue weighted by Crippen LogP contribution is -2.35. The Morgan fingerprint density at radius 2 is 2.06 bits per heavy atom. The summed E-state index contributed by atoms with van der Waals surface area (Å²) in [5, 5.41) is 3.39. The molecule has 0 fully saturated rings. The van der Waals surface area contributed by atoms with Crippen molar-refractivity contribution in [3.63, 3.8) is 0 Å². The minimum absolute atomic E-state index is 0.0959. The zero-order valence-corrected chi connectivity index (χ0v) is 11.9. The van der Waals surface area contributed by atoms with Gasteiger partial charge in [-0.3, -0.25) is 4.98 Å². The van der Waals surface area contributed by atoms with E-state index in [1.165, 1.54) is 0 Å². The summed E-state index contributed by atoms with van der Waals surface area (Å²) < 4.78 is 0. The smallest absolute Gasteiger partial charge is 0.147 e. The van der Waals surface area contributed by atoms with Gasteiger partial charge in [-0.2, -0.15) is 0 Å². The number of hydrogen-bond acceptors (Lipinski definition) is 4. The molecule has 1 aromatic rings. The van der Waals surface area contributed by atoms with Crippen LogP contribution in [0.1, 0.15) is 33.4 Å². The van der Waals surface area contributed by atoms with Crippen LogP contribution < -0.4 is 10.2 Å². The molecule has 0 radical (unpaired) electrons. The van der Waals surface area contributed by atoms with Crippen LogP contribution in [-0.2, 0) is 6.54 Å². The van der Waals surface area contributed by atoms with Crippen LogP contribution in [0.4, 0.5) is 5.82 Å². The molecule has 1 aromatic heterocycles. The lowest BCUT2D eigenvalue weighted by atomic mass is 10.1. The maximum absolute atomic E-state index is 4.44. The molecule has 0 aliphatic carbocycles. The SMILES string of the molecule is C=CCN(CC)c1cnc(CNC(C)(C)C)cn1. The molecule has 18 heavy (non-hydrogen) atoms. The third-order valence-electron chi connectivity index (χ3n) is 2.55. The van der Waals surface area contributed by atoms with Crippen LogP contribution in [-0.4, -0.2) is 28.6 Å². The molecule has 1 heterocycles. The van der Waals surface area contributed by atoms with Crippen molar-refractivity contribution in [2.45, 2.75) is 39.8 Å². The summed E-state index contributed by atoms with van der Waals surface area (Å²) in [5.41, 5.74) is 1.06. The molecule has 0 bridgehead atoms. The maximum atomic E-state index is 4.44. The van der Waals surface area contributed by atoms with E-state index in [1.807, 2.05) is 18.5 Å². The molecule has 1 rings (SSSR count). The van der Waals surface area contributed by atoms with E-state index in [4.69, 9.17) is 0 Å². The Bertz CT molecular complexity index is 364. The van der Waals surface area contributed by atoms with Crippen molar-refractivity contribution < 1.29 is 0 Å². The molecule has 0 atom stereocenters.